The molecule has 0 aromatic heterocycles. The zero-order chi connectivity index (χ0) is 14.7. The maximum Gasteiger partial charge on any atom is 0.237 e. The molecule has 1 amide bonds. The Hall–Kier alpha value is -1.39. The van der Waals surface area contributed by atoms with Gasteiger partial charge >= 0.3 is 0 Å². The zero-order valence-corrected chi connectivity index (χ0v) is 12.5. The predicted octanol–water partition coefficient (Wildman–Crippen LogP) is 1.16. The predicted molar refractivity (Wildman–Crippen MR) is 83.8 cm³/mol. The van der Waals surface area contributed by atoms with Gasteiger partial charge in [-0.2, -0.15) is 0 Å². The van der Waals surface area contributed by atoms with Gasteiger partial charge < -0.3 is 16.0 Å². The van der Waals surface area contributed by atoms with E-state index in [-0.39, 0.29) is 5.91 Å². The molecule has 3 rings (SSSR count). The average molecular weight is 287 g/mol. The first kappa shape index (κ1) is 14.5. The number of carbonyl (C=O) groups excluding carboxylic acids is 1. The lowest BCUT2D eigenvalue weighted by atomic mass is 10.1. The molecule has 3 N–H and O–H groups in total. The minimum Gasteiger partial charge on any atom is -0.354 e. The van der Waals surface area contributed by atoms with Crippen LogP contribution >= 0.6 is 0 Å². The number of nitrogens with two attached hydrogens (primary N) is 1. The zero-order valence-electron chi connectivity index (χ0n) is 12.5. The third-order valence-electron chi connectivity index (χ3n) is 4.58. The Morgan fingerprint density at radius 3 is 2.76 bits per heavy atom. The second-order valence-corrected chi connectivity index (χ2v) is 6.42. The summed E-state index contributed by atoms with van der Waals surface area (Å²) in [5, 5.41) is 3.03. The smallest absolute Gasteiger partial charge is 0.237 e. The molecule has 1 saturated heterocycles. The van der Waals surface area contributed by atoms with E-state index in [0.29, 0.717) is 12.3 Å². The molecular formula is C17H25N3O. The van der Waals surface area contributed by atoms with Crippen molar-refractivity contribution in [1.82, 2.24) is 10.2 Å². The second-order valence-electron chi connectivity index (χ2n) is 6.42. The van der Waals surface area contributed by atoms with Crippen LogP contribution in [0.4, 0.5) is 0 Å². The number of hydrogen-bond acceptors (Lipinski definition) is 3. The van der Waals surface area contributed by atoms with Crippen LogP contribution in [0.15, 0.2) is 30.3 Å². The van der Waals surface area contributed by atoms with Crippen LogP contribution in [0.25, 0.3) is 0 Å². The van der Waals surface area contributed by atoms with E-state index in [4.69, 9.17) is 5.73 Å². The van der Waals surface area contributed by atoms with E-state index in [2.05, 4.69) is 10.2 Å². The van der Waals surface area contributed by atoms with Crippen molar-refractivity contribution in [1.29, 1.82) is 0 Å². The molecular weight excluding hydrogens is 262 g/mol. The van der Waals surface area contributed by atoms with Gasteiger partial charge in [0.15, 0.2) is 0 Å². The standard InChI is InChI=1S/C17H25N3O/c18-16(10-13-4-2-1-3-5-13)17(21)19-11-14-8-9-20(12-14)15-6-7-15/h1-5,14-16H,6-12,18H2,(H,19,21)/t14?,16-/m1/s1. The highest BCUT2D eigenvalue weighted by molar-refractivity contribution is 5.81. The van der Waals surface area contributed by atoms with E-state index in [0.717, 1.165) is 24.7 Å². The molecule has 4 heteroatoms. The summed E-state index contributed by atoms with van der Waals surface area (Å²) in [6, 6.07) is 10.3. The Morgan fingerprint density at radius 2 is 2.05 bits per heavy atom. The molecule has 2 atom stereocenters. The third kappa shape index (κ3) is 4.05. The molecule has 114 valence electrons. The van der Waals surface area contributed by atoms with Crippen LogP contribution in [0.2, 0.25) is 0 Å². The Morgan fingerprint density at radius 1 is 1.29 bits per heavy atom. The summed E-state index contributed by atoms with van der Waals surface area (Å²) in [6.45, 7) is 3.10. The van der Waals surface area contributed by atoms with Gasteiger partial charge in [0.1, 0.15) is 0 Å². The van der Waals surface area contributed by atoms with Gasteiger partial charge in [0.05, 0.1) is 6.04 Å². The first-order valence-corrected chi connectivity index (χ1v) is 8.03. The van der Waals surface area contributed by atoms with E-state index < -0.39 is 6.04 Å². The van der Waals surface area contributed by atoms with E-state index >= 15 is 0 Å². The van der Waals surface area contributed by atoms with Gasteiger partial charge in [0.2, 0.25) is 5.91 Å². The molecule has 4 nitrogen and oxygen atoms in total. The number of rotatable bonds is 6. The van der Waals surface area contributed by atoms with Gasteiger partial charge in [-0.3, -0.25) is 4.79 Å². The molecule has 2 aliphatic rings. The third-order valence-corrected chi connectivity index (χ3v) is 4.58. The average Bonchev–Trinajstić information content (AvgIpc) is 3.25. The minimum absolute atomic E-state index is 0.0243. The van der Waals surface area contributed by atoms with Crippen molar-refractivity contribution in [2.24, 2.45) is 11.7 Å². The van der Waals surface area contributed by atoms with Crippen molar-refractivity contribution in [3.8, 4) is 0 Å². The van der Waals surface area contributed by atoms with Crippen LogP contribution in [0.1, 0.15) is 24.8 Å². The topological polar surface area (TPSA) is 58.4 Å². The summed E-state index contributed by atoms with van der Waals surface area (Å²) in [5.41, 5.74) is 7.11. The van der Waals surface area contributed by atoms with Gasteiger partial charge in [-0.05, 0) is 43.7 Å². The Balaban J connectivity index is 1.39. The van der Waals surface area contributed by atoms with Crippen molar-refractivity contribution in [3.05, 3.63) is 35.9 Å². The fourth-order valence-electron chi connectivity index (χ4n) is 3.14. The maximum absolute atomic E-state index is 12.1. The number of carbonyl (C=O) groups is 1. The van der Waals surface area contributed by atoms with Crippen LogP contribution in [0, 0.1) is 5.92 Å². The van der Waals surface area contributed by atoms with Crippen molar-refractivity contribution in [3.63, 3.8) is 0 Å². The highest BCUT2D eigenvalue weighted by atomic mass is 16.2. The van der Waals surface area contributed by atoms with Crippen molar-refractivity contribution in [2.75, 3.05) is 19.6 Å². The highest BCUT2D eigenvalue weighted by Gasteiger charge is 2.34. The summed E-state index contributed by atoms with van der Waals surface area (Å²) in [6.07, 6.45) is 4.53. The molecule has 21 heavy (non-hydrogen) atoms. The van der Waals surface area contributed by atoms with E-state index in [9.17, 15) is 4.79 Å². The highest BCUT2D eigenvalue weighted by Crippen LogP contribution is 2.31. The molecule has 1 aliphatic heterocycles. The Labute approximate surface area is 126 Å². The fraction of sp³-hybridized carbons (Fsp3) is 0.588. The van der Waals surface area contributed by atoms with Crippen LogP contribution in [0.3, 0.4) is 0 Å². The van der Waals surface area contributed by atoms with Crippen LogP contribution < -0.4 is 11.1 Å². The van der Waals surface area contributed by atoms with Gasteiger partial charge in [0, 0.05) is 19.1 Å². The molecule has 2 fully saturated rings. The van der Waals surface area contributed by atoms with Crippen LogP contribution in [0.5, 0.6) is 0 Å². The van der Waals surface area contributed by atoms with Crippen molar-refractivity contribution < 1.29 is 4.79 Å². The van der Waals surface area contributed by atoms with Crippen molar-refractivity contribution in [2.45, 2.75) is 37.8 Å². The molecule has 1 heterocycles. The lowest BCUT2D eigenvalue weighted by molar-refractivity contribution is -0.122. The normalized spacial score (nSPS) is 24.0. The molecule has 0 bridgehead atoms. The Bertz CT molecular complexity index is 472. The first-order chi connectivity index (χ1) is 10.2. The summed E-state index contributed by atoms with van der Waals surface area (Å²) >= 11 is 0. The van der Waals surface area contributed by atoms with Crippen molar-refractivity contribution >= 4 is 5.91 Å². The van der Waals surface area contributed by atoms with E-state index in [1.54, 1.807) is 0 Å². The fourth-order valence-corrected chi connectivity index (χ4v) is 3.14. The minimum atomic E-state index is -0.451. The summed E-state index contributed by atoms with van der Waals surface area (Å²) in [5.74, 6) is 0.571. The molecule has 1 unspecified atom stereocenters. The lowest BCUT2D eigenvalue weighted by Crippen LogP contribution is -2.44. The van der Waals surface area contributed by atoms with Crippen LogP contribution in [-0.2, 0) is 11.2 Å². The second kappa shape index (κ2) is 6.58. The molecule has 1 aromatic rings. The SMILES string of the molecule is N[C@H](Cc1ccccc1)C(=O)NCC1CCN(C2CC2)C1. The summed E-state index contributed by atoms with van der Waals surface area (Å²) < 4.78 is 0. The monoisotopic (exact) mass is 287 g/mol. The van der Waals surface area contributed by atoms with Gasteiger partial charge in [0.25, 0.3) is 0 Å². The summed E-state index contributed by atoms with van der Waals surface area (Å²) in [4.78, 5) is 14.7. The summed E-state index contributed by atoms with van der Waals surface area (Å²) in [7, 11) is 0. The number of nitrogens with one attached hydrogen (secondary N) is 1. The molecule has 0 spiro atoms. The maximum atomic E-state index is 12.1. The number of hydrogen-bond donors (Lipinski definition) is 2. The number of amides is 1. The first-order valence-electron chi connectivity index (χ1n) is 8.03. The Kier molecular flexibility index (Phi) is 4.56. The van der Waals surface area contributed by atoms with E-state index in [1.807, 2.05) is 30.3 Å². The number of likely N-dealkylation sites (tertiary alicyclic amines) is 1. The largest absolute Gasteiger partial charge is 0.354 e. The quantitative estimate of drug-likeness (QED) is 0.825. The molecule has 1 aliphatic carbocycles. The van der Waals surface area contributed by atoms with Crippen LogP contribution in [-0.4, -0.2) is 42.5 Å². The lowest BCUT2D eigenvalue weighted by Gasteiger charge is -2.17. The van der Waals surface area contributed by atoms with Gasteiger partial charge in [-0.25, -0.2) is 0 Å². The number of benzene rings is 1. The van der Waals surface area contributed by atoms with Gasteiger partial charge in [-0.15, -0.1) is 0 Å². The molecule has 0 radical (unpaired) electrons. The van der Waals surface area contributed by atoms with Gasteiger partial charge in [-0.1, -0.05) is 30.3 Å². The number of nitrogens with zero attached hydrogens (tertiary/aromatic N) is 1. The van der Waals surface area contributed by atoms with E-state index in [1.165, 1.54) is 25.8 Å². The molecule has 1 aromatic carbocycles. The molecule has 1 saturated carbocycles.